The third kappa shape index (κ3) is 2.75. The van der Waals surface area contributed by atoms with Gasteiger partial charge in [0.1, 0.15) is 0 Å². The van der Waals surface area contributed by atoms with Crippen molar-refractivity contribution in [1.82, 2.24) is 9.80 Å². The van der Waals surface area contributed by atoms with Crippen LogP contribution in [0.3, 0.4) is 0 Å². The van der Waals surface area contributed by atoms with Gasteiger partial charge in [-0.25, -0.2) is 0 Å². The average molecular weight is 221 g/mol. The van der Waals surface area contributed by atoms with E-state index in [0.29, 0.717) is 11.5 Å². The lowest BCUT2D eigenvalue weighted by molar-refractivity contribution is 0.116. The summed E-state index contributed by atoms with van der Waals surface area (Å²) in [4.78, 5) is 4.93. The molecule has 90 valence electrons. The van der Waals surface area contributed by atoms with E-state index < -0.39 is 0 Å². The minimum Gasteiger partial charge on any atom is -0.305 e. The zero-order chi connectivity index (χ0) is 11.6. The van der Waals surface area contributed by atoms with Gasteiger partial charge in [-0.05, 0) is 51.7 Å². The Kier molecular flexibility index (Phi) is 3.51. The first-order valence-electron chi connectivity index (χ1n) is 6.41. The van der Waals surface area contributed by atoms with Crippen LogP contribution < -0.4 is 0 Å². The molecule has 2 rings (SSSR count). The third-order valence-electron chi connectivity index (χ3n) is 4.22. The van der Waals surface area contributed by atoms with Crippen LogP contribution >= 0.6 is 0 Å². The fourth-order valence-electron chi connectivity index (χ4n) is 2.89. The Balaban J connectivity index is 1.83. The molecule has 16 heavy (non-hydrogen) atoms. The lowest BCUT2D eigenvalue weighted by Crippen LogP contribution is -2.46. The predicted molar refractivity (Wildman–Crippen MR) is 65.0 cm³/mol. The Hall–Kier alpha value is -0.590. The highest BCUT2D eigenvalue weighted by Gasteiger charge is 2.44. The van der Waals surface area contributed by atoms with Gasteiger partial charge >= 0.3 is 0 Å². The van der Waals surface area contributed by atoms with E-state index in [0.717, 1.165) is 13.0 Å². The fourth-order valence-corrected chi connectivity index (χ4v) is 2.89. The minimum absolute atomic E-state index is 0.361. The molecule has 3 heteroatoms. The third-order valence-corrected chi connectivity index (χ3v) is 4.22. The molecule has 0 aromatic carbocycles. The Morgan fingerprint density at radius 2 is 2.25 bits per heavy atom. The summed E-state index contributed by atoms with van der Waals surface area (Å²) in [5.41, 5.74) is 0.361. The van der Waals surface area contributed by atoms with E-state index in [4.69, 9.17) is 5.26 Å². The van der Waals surface area contributed by atoms with E-state index in [1.165, 1.54) is 38.8 Å². The summed E-state index contributed by atoms with van der Waals surface area (Å²) in [7, 11) is 4.45. The van der Waals surface area contributed by atoms with Gasteiger partial charge in [0.05, 0.1) is 6.07 Å². The number of nitrogens with zero attached hydrogens (tertiary/aromatic N) is 3. The highest BCUT2D eigenvalue weighted by Crippen LogP contribution is 2.49. The molecule has 0 spiro atoms. The molecule has 1 saturated heterocycles. The molecule has 2 fully saturated rings. The Morgan fingerprint density at radius 1 is 1.50 bits per heavy atom. The lowest BCUT2D eigenvalue weighted by atomic mass is 9.99. The molecule has 1 saturated carbocycles. The maximum absolute atomic E-state index is 8.83. The van der Waals surface area contributed by atoms with Gasteiger partial charge in [0.25, 0.3) is 0 Å². The molecule has 1 atom stereocenters. The van der Waals surface area contributed by atoms with E-state index in [9.17, 15) is 0 Å². The molecule has 3 nitrogen and oxygen atoms in total. The van der Waals surface area contributed by atoms with Crippen LogP contribution in [-0.4, -0.2) is 49.6 Å². The number of likely N-dealkylation sites (tertiary alicyclic amines) is 1. The molecule has 1 aliphatic carbocycles. The van der Waals surface area contributed by atoms with E-state index in [2.05, 4.69) is 30.0 Å². The molecular formula is C13H23N3. The first-order valence-corrected chi connectivity index (χ1v) is 6.41. The van der Waals surface area contributed by atoms with Crippen LogP contribution in [0.4, 0.5) is 0 Å². The maximum Gasteiger partial charge on any atom is 0.0628 e. The van der Waals surface area contributed by atoms with Crippen LogP contribution in [0.1, 0.15) is 32.1 Å². The summed E-state index contributed by atoms with van der Waals surface area (Å²) in [6, 6.07) is 3.05. The van der Waals surface area contributed by atoms with E-state index in [1.807, 2.05) is 0 Å². The number of hydrogen-bond acceptors (Lipinski definition) is 3. The number of rotatable bonds is 4. The molecule has 0 N–H and O–H groups in total. The maximum atomic E-state index is 8.83. The van der Waals surface area contributed by atoms with Gasteiger partial charge in [-0.15, -0.1) is 0 Å². The lowest BCUT2D eigenvalue weighted by Gasteiger charge is -2.37. The Labute approximate surface area is 99.0 Å². The Morgan fingerprint density at radius 3 is 2.81 bits per heavy atom. The molecular weight excluding hydrogens is 198 g/mol. The average Bonchev–Trinajstić information content (AvgIpc) is 2.98. The van der Waals surface area contributed by atoms with Crippen molar-refractivity contribution in [3.05, 3.63) is 0 Å². The van der Waals surface area contributed by atoms with Gasteiger partial charge in [-0.3, -0.25) is 0 Å². The normalized spacial score (nSPS) is 29.0. The number of nitriles is 1. The summed E-state index contributed by atoms with van der Waals surface area (Å²) in [6.45, 7) is 3.56. The second-order valence-corrected chi connectivity index (χ2v) is 5.81. The van der Waals surface area contributed by atoms with Gasteiger partial charge < -0.3 is 9.80 Å². The van der Waals surface area contributed by atoms with Gasteiger partial charge in [-0.2, -0.15) is 5.26 Å². The van der Waals surface area contributed by atoms with Crippen LogP contribution in [0.25, 0.3) is 0 Å². The molecule has 1 unspecified atom stereocenters. The van der Waals surface area contributed by atoms with Crippen molar-refractivity contribution < 1.29 is 0 Å². The van der Waals surface area contributed by atoms with Crippen molar-refractivity contribution in [2.24, 2.45) is 5.41 Å². The largest absolute Gasteiger partial charge is 0.305 e. The topological polar surface area (TPSA) is 30.3 Å². The molecule has 0 amide bonds. The highest BCUT2D eigenvalue weighted by molar-refractivity contribution is 5.01. The molecule has 2 aliphatic rings. The zero-order valence-corrected chi connectivity index (χ0v) is 10.6. The van der Waals surface area contributed by atoms with Crippen molar-refractivity contribution in [1.29, 1.82) is 5.26 Å². The van der Waals surface area contributed by atoms with Crippen LogP contribution in [0, 0.1) is 16.7 Å². The van der Waals surface area contributed by atoms with Crippen molar-refractivity contribution in [3.63, 3.8) is 0 Å². The highest BCUT2D eigenvalue weighted by atomic mass is 15.2. The summed E-state index contributed by atoms with van der Waals surface area (Å²) in [5, 5.41) is 8.83. The van der Waals surface area contributed by atoms with Gasteiger partial charge in [-0.1, -0.05) is 0 Å². The van der Waals surface area contributed by atoms with Crippen LogP contribution in [0.15, 0.2) is 0 Å². The predicted octanol–water partition coefficient (Wildman–Crippen LogP) is 1.71. The van der Waals surface area contributed by atoms with E-state index >= 15 is 0 Å². The SMILES string of the molecule is CN1CCCC(N(C)CC2(CC#N)CC2)C1. The first kappa shape index (κ1) is 11.9. The minimum atomic E-state index is 0.361. The number of likely N-dealkylation sites (N-methyl/N-ethyl adjacent to an activating group) is 2. The standard InChI is InChI=1S/C13H23N3/c1-15-9-3-4-12(10-15)16(2)11-13(5-6-13)7-8-14/h12H,3-7,9-11H2,1-2H3. The fraction of sp³-hybridized carbons (Fsp3) is 0.923. The van der Waals surface area contributed by atoms with Crippen molar-refractivity contribution in [3.8, 4) is 6.07 Å². The van der Waals surface area contributed by atoms with Crippen LogP contribution in [-0.2, 0) is 0 Å². The quantitative estimate of drug-likeness (QED) is 0.724. The van der Waals surface area contributed by atoms with E-state index in [-0.39, 0.29) is 0 Å². The van der Waals surface area contributed by atoms with E-state index in [1.54, 1.807) is 0 Å². The Bertz CT molecular complexity index is 277. The van der Waals surface area contributed by atoms with Crippen LogP contribution in [0.5, 0.6) is 0 Å². The summed E-state index contributed by atoms with van der Waals surface area (Å²) in [6.07, 6.45) is 5.90. The summed E-state index contributed by atoms with van der Waals surface area (Å²) < 4.78 is 0. The van der Waals surface area contributed by atoms with Gasteiger partial charge in [0.15, 0.2) is 0 Å². The molecule has 0 radical (unpaired) electrons. The summed E-state index contributed by atoms with van der Waals surface area (Å²) >= 11 is 0. The second kappa shape index (κ2) is 4.73. The van der Waals surface area contributed by atoms with Crippen LogP contribution in [0.2, 0.25) is 0 Å². The van der Waals surface area contributed by atoms with Gasteiger partial charge in [0.2, 0.25) is 0 Å². The number of hydrogen-bond donors (Lipinski definition) is 0. The zero-order valence-electron chi connectivity index (χ0n) is 10.6. The van der Waals surface area contributed by atoms with Crippen molar-refractivity contribution in [2.75, 3.05) is 33.7 Å². The second-order valence-electron chi connectivity index (χ2n) is 5.81. The smallest absolute Gasteiger partial charge is 0.0628 e. The molecule has 0 bridgehead atoms. The molecule has 0 aromatic heterocycles. The molecule has 1 aliphatic heterocycles. The van der Waals surface area contributed by atoms with Crippen molar-refractivity contribution >= 4 is 0 Å². The first-order chi connectivity index (χ1) is 7.65. The monoisotopic (exact) mass is 221 g/mol. The van der Waals surface area contributed by atoms with Gasteiger partial charge in [0, 0.05) is 25.6 Å². The molecule has 1 heterocycles. The summed E-state index contributed by atoms with van der Waals surface area (Å²) in [5.74, 6) is 0. The molecule has 0 aromatic rings. The number of piperidine rings is 1. The van der Waals surface area contributed by atoms with Crippen molar-refractivity contribution in [2.45, 2.75) is 38.1 Å².